The highest BCUT2D eigenvalue weighted by Crippen LogP contribution is 2.30. The van der Waals surface area contributed by atoms with E-state index in [1.165, 1.54) is 44.4 Å². The first-order chi connectivity index (χ1) is 11.7. The molecule has 0 aliphatic rings. The Morgan fingerprint density at radius 3 is 2.32 bits per heavy atom. The number of benzene rings is 2. The summed E-state index contributed by atoms with van der Waals surface area (Å²) >= 11 is 0. The smallest absolute Gasteiger partial charge is 0.339 e. The number of carbonyl (C=O) groups is 1. The van der Waals surface area contributed by atoms with Crippen LogP contribution in [-0.2, 0) is 14.9 Å². The molecule has 132 valence electrons. The van der Waals surface area contributed by atoms with Gasteiger partial charge < -0.3 is 14.2 Å². The molecule has 0 spiro atoms. The Labute approximate surface area is 143 Å². The van der Waals surface area contributed by atoms with Gasteiger partial charge in [-0.1, -0.05) is 0 Å². The normalized spacial score (nSPS) is 10.8. The second-order valence-corrected chi connectivity index (χ2v) is 6.38. The van der Waals surface area contributed by atoms with Crippen LogP contribution in [-0.4, -0.2) is 26.4 Å². The fraction of sp³-hybridized carbons (Fsp3) is 0.133. The number of ether oxygens (including phenoxy) is 1. The van der Waals surface area contributed by atoms with E-state index in [0.717, 1.165) is 12.1 Å². The van der Waals surface area contributed by atoms with Gasteiger partial charge in [0.15, 0.2) is 5.75 Å². The number of carbonyl (C=O) groups excluding carboxylic acids is 1. The van der Waals surface area contributed by atoms with Gasteiger partial charge in [0.1, 0.15) is 10.6 Å². The maximum absolute atomic E-state index is 12.3. The number of rotatable bonds is 6. The maximum atomic E-state index is 12.3. The van der Waals surface area contributed by atoms with E-state index in [0.29, 0.717) is 5.69 Å². The highest BCUT2D eigenvalue weighted by atomic mass is 32.2. The first-order valence-electron chi connectivity index (χ1n) is 6.87. The molecule has 1 amide bonds. The van der Waals surface area contributed by atoms with E-state index in [4.69, 9.17) is 8.92 Å². The lowest BCUT2D eigenvalue weighted by molar-refractivity contribution is -0.386. The number of nitro groups is 1. The molecule has 25 heavy (non-hydrogen) atoms. The third kappa shape index (κ3) is 4.44. The molecule has 0 fully saturated rings. The van der Waals surface area contributed by atoms with Crippen LogP contribution < -0.4 is 14.2 Å². The van der Waals surface area contributed by atoms with Gasteiger partial charge in [0.2, 0.25) is 5.91 Å². The molecule has 0 aliphatic carbocycles. The standard InChI is InChI=1S/C15H14N2O7S/c1-10(18)16-11-3-5-12(6-4-11)24-25(21,22)13-7-8-15(23-2)14(9-13)17(19)20/h3-9H,1-2H3,(H,16,18). The second kappa shape index (κ2) is 7.18. The molecule has 0 unspecified atom stereocenters. The average molecular weight is 366 g/mol. The van der Waals surface area contributed by atoms with Gasteiger partial charge in [0, 0.05) is 18.7 Å². The van der Waals surface area contributed by atoms with E-state index >= 15 is 0 Å². The van der Waals surface area contributed by atoms with Gasteiger partial charge in [-0.3, -0.25) is 14.9 Å². The summed E-state index contributed by atoms with van der Waals surface area (Å²) in [6, 6.07) is 8.80. The van der Waals surface area contributed by atoms with Crippen LogP contribution in [0.15, 0.2) is 47.4 Å². The van der Waals surface area contributed by atoms with Crippen LogP contribution in [0.4, 0.5) is 11.4 Å². The topological polar surface area (TPSA) is 125 Å². The van der Waals surface area contributed by atoms with E-state index in [2.05, 4.69) is 5.32 Å². The highest BCUT2D eigenvalue weighted by molar-refractivity contribution is 7.87. The van der Waals surface area contributed by atoms with E-state index in [9.17, 15) is 23.3 Å². The fourth-order valence-corrected chi connectivity index (χ4v) is 2.89. The molecular weight excluding hydrogens is 352 g/mol. The quantitative estimate of drug-likeness (QED) is 0.472. The lowest BCUT2D eigenvalue weighted by Gasteiger charge is -2.09. The van der Waals surface area contributed by atoms with E-state index in [-0.39, 0.29) is 22.3 Å². The van der Waals surface area contributed by atoms with Crippen LogP contribution in [0.3, 0.4) is 0 Å². The van der Waals surface area contributed by atoms with Crippen molar-refractivity contribution in [3.63, 3.8) is 0 Å². The third-order valence-electron chi connectivity index (χ3n) is 3.02. The molecule has 10 heteroatoms. The van der Waals surface area contributed by atoms with Gasteiger partial charge in [0.05, 0.1) is 12.0 Å². The zero-order chi connectivity index (χ0) is 18.6. The highest BCUT2D eigenvalue weighted by Gasteiger charge is 2.23. The molecule has 0 atom stereocenters. The Balaban J connectivity index is 2.28. The Morgan fingerprint density at radius 2 is 1.80 bits per heavy atom. The molecular formula is C15H14N2O7S. The summed E-state index contributed by atoms with van der Waals surface area (Å²) in [5.41, 5.74) is -0.0227. The molecule has 0 bridgehead atoms. The van der Waals surface area contributed by atoms with Crippen LogP contribution >= 0.6 is 0 Å². The molecule has 2 aromatic carbocycles. The van der Waals surface area contributed by atoms with Gasteiger partial charge in [-0.25, -0.2) is 0 Å². The van der Waals surface area contributed by atoms with Crippen LogP contribution in [0.5, 0.6) is 11.5 Å². The molecule has 0 heterocycles. The molecule has 0 aromatic heterocycles. The van der Waals surface area contributed by atoms with Crippen molar-refractivity contribution < 1.29 is 27.1 Å². The summed E-state index contributed by atoms with van der Waals surface area (Å²) in [6.07, 6.45) is 0. The minimum absolute atomic E-state index is 0.00688. The maximum Gasteiger partial charge on any atom is 0.339 e. The number of methoxy groups -OCH3 is 1. The first kappa shape index (κ1) is 18.2. The summed E-state index contributed by atoms with van der Waals surface area (Å²) < 4.78 is 34.3. The van der Waals surface area contributed by atoms with Crippen LogP contribution in [0.25, 0.3) is 0 Å². The number of nitrogens with zero attached hydrogens (tertiary/aromatic N) is 1. The van der Waals surface area contributed by atoms with Crippen molar-refractivity contribution in [1.82, 2.24) is 0 Å². The molecule has 9 nitrogen and oxygen atoms in total. The van der Waals surface area contributed by atoms with Crippen molar-refractivity contribution >= 4 is 27.4 Å². The van der Waals surface area contributed by atoms with Crippen molar-refractivity contribution in [1.29, 1.82) is 0 Å². The SMILES string of the molecule is COc1ccc(S(=O)(=O)Oc2ccc(NC(C)=O)cc2)cc1[N+](=O)[O-]. The lowest BCUT2D eigenvalue weighted by atomic mass is 10.3. The number of nitro benzene ring substituents is 1. The monoisotopic (exact) mass is 366 g/mol. The van der Waals surface area contributed by atoms with Crippen LogP contribution in [0.1, 0.15) is 6.92 Å². The summed E-state index contributed by atoms with van der Waals surface area (Å²) in [5.74, 6) is -0.344. The molecule has 1 N–H and O–H groups in total. The molecule has 0 radical (unpaired) electrons. The molecule has 0 saturated carbocycles. The van der Waals surface area contributed by atoms with E-state index in [1.807, 2.05) is 0 Å². The van der Waals surface area contributed by atoms with Crippen molar-refractivity contribution in [2.75, 3.05) is 12.4 Å². The van der Waals surface area contributed by atoms with Crippen molar-refractivity contribution in [2.45, 2.75) is 11.8 Å². The number of amides is 1. The Hall–Kier alpha value is -3.14. The Kier molecular flexibility index (Phi) is 5.22. The van der Waals surface area contributed by atoms with Crippen molar-refractivity contribution in [2.24, 2.45) is 0 Å². The number of hydrogen-bond donors (Lipinski definition) is 1. The second-order valence-electron chi connectivity index (χ2n) is 4.83. The minimum atomic E-state index is -4.28. The minimum Gasteiger partial charge on any atom is -0.490 e. The zero-order valence-corrected chi connectivity index (χ0v) is 14.1. The molecule has 0 saturated heterocycles. The molecule has 2 rings (SSSR count). The summed E-state index contributed by atoms with van der Waals surface area (Å²) in [4.78, 5) is 20.8. The summed E-state index contributed by atoms with van der Waals surface area (Å²) in [6.45, 7) is 1.34. The van der Waals surface area contributed by atoms with E-state index in [1.54, 1.807) is 0 Å². The van der Waals surface area contributed by atoms with Crippen LogP contribution in [0.2, 0.25) is 0 Å². The third-order valence-corrected chi connectivity index (χ3v) is 4.26. The first-order valence-corrected chi connectivity index (χ1v) is 8.28. The van der Waals surface area contributed by atoms with E-state index < -0.39 is 20.7 Å². The summed E-state index contributed by atoms with van der Waals surface area (Å²) in [7, 11) is -3.04. The molecule has 0 aliphatic heterocycles. The number of nitrogens with one attached hydrogen (secondary N) is 1. The van der Waals surface area contributed by atoms with Crippen molar-refractivity contribution in [3.05, 3.63) is 52.6 Å². The Morgan fingerprint density at radius 1 is 1.16 bits per heavy atom. The predicted octanol–water partition coefficient (Wildman–Crippen LogP) is 2.33. The Bertz CT molecular complexity index is 908. The van der Waals surface area contributed by atoms with Gasteiger partial charge in [0.25, 0.3) is 0 Å². The summed E-state index contributed by atoms with van der Waals surface area (Å²) in [5, 5.41) is 13.5. The van der Waals surface area contributed by atoms with Crippen LogP contribution in [0, 0.1) is 10.1 Å². The lowest BCUT2D eigenvalue weighted by Crippen LogP contribution is -2.10. The number of hydrogen-bond acceptors (Lipinski definition) is 7. The van der Waals surface area contributed by atoms with Crippen molar-refractivity contribution in [3.8, 4) is 11.5 Å². The van der Waals surface area contributed by atoms with Gasteiger partial charge in [-0.05, 0) is 36.4 Å². The van der Waals surface area contributed by atoms with Gasteiger partial charge in [-0.2, -0.15) is 8.42 Å². The molecule has 2 aromatic rings. The largest absolute Gasteiger partial charge is 0.490 e. The van der Waals surface area contributed by atoms with Gasteiger partial charge >= 0.3 is 15.8 Å². The average Bonchev–Trinajstić information content (AvgIpc) is 2.55. The predicted molar refractivity (Wildman–Crippen MR) is 88.2 cm³/mol. The number of anilines is 1. The van der Waals surface area contributed by atoms with Gasteiger partial charge in [-0.15, -0.1) is 0 Å². The fourth-order valence-electron chi connectivity index (χ4n) is 1.94. The zero-order valence-electron chi connectivity index (χ0n) is 13.3.